The van der Waals surface area contributed by atoms with E-state index in [9.17, 15) is 0 Å². The number of hydrogen-bond donors (Lipinski definition) is 0. The maximum Gasteiger partial charge on any atom is 0.133 e. The summed E-state index contributed by atoms with van der Waals surface area (Å²) in [5.74, 6) is 2.69. The van der Waals surface area contributed by atoms with E-state index in [0.717, 1.165) is 37.0 Å². The van der Waals surface area contributed by atoms with Crippen LogP contribution in [-0.2, 0) is 6.54 Å². The van der Waals surface area contributed by atoms with Gasteiger partial charge in [-0.25, -0.2) is 9.97 Å². The third kappa shape index (κ3) is 3.34. The Bertz CT molecular complexity index is 655. The van der Waals surface area contributed by atoms with Crippen molar-refractivity contribution in [2.75, 3.05) is 25.0 Å². The van der Waals surface area contributed by atoms with Crippen LogP contribution < -0.4 is 4.90 Å². The van der Waals surface area contributed by atoms with Gasteiger partial charge < -0.3 is 4.90 Å². The molecule has 1 saturated heterocycles. The van der Waals surface area contributed by atoms with Crippen molar-refractivity contribution in [2.45, 2.75) is 37.8 Å². The van der Waals surface area contributed by atoms with Gasteiger partial charge in [0.05, 0.1) is 5.69 Å². The van der Waals surface area contributed by atoms with Crippen LogP contribution in [0.25, 0.3) is 0 Å². The van der Waals surface area contributed by atoms with Crippen molar-refractivity contribution in [3.8, 4) is 0 Å². The van der Waals surface area contributed by atoms with E-state index >= 15 is 0 Å². The van der Waals surface area contributed by atoms with Gasteiger partial charge in [0.15, 0.2) is 0 Å². The zero-order valence-corrected chi connectivity index (χ0v) is 13.6. The molecule has 1 unspecified atom stereocenters. The minimum atomic E-state index is 0.515. The molecule has 0 aromatic carbocycles. The van der Waals surface area contributed by atoms with Gasteiger partial charge in [-0.2, -0.15) is 0 Å². The minimum Gasteiger partial charge on any atom is -0.355 e. The first-order valence-corrected chi connectivity index (χ1v) is 8.47. The topological polar surface area (TPSA) is 45.2 Å². The van der Waals surface area contributed by atoms with Gasteiger partial charge in [0.2, 0.25) is 0 Å². The molecule has 1 atom stereocenters. The van der Waals surface area contributed by atoms with Crippen molar-refractivity contribution in [3.63, 3.8) is 0 Å². The SMILES string of the molecule is CN(c1ccnc(C2CC2)n1)C1CCN(Cc2ccccn2)C1. The molecule has 2 aromatic heterocycles. The number of likely N-dealkylation sites (tertiary alicyclic amines) is 1. The predicted molar refractivity (Wildman–Crippen MR) is 90.3 cm³/mol. The van der Waals surface area contributed by atoms with Crippen molar-refractivity contribution >= 4 is 5.82 Å². The molecule has 1 aliphatic heterocycles. The number of hydrogen-bond acceptors (Lipinski definition) is 5. The number of aromatic nitrogens is 3. The Morgan fingerprint density at radius 2 is 2.04 bits per heavy atom. The van der Waals surface area contributed by atoms with Gasteiger partial charge >= 0.3 is 0 Å². The van der Waals surface area contributed by atoms with Gasteiger partial charge in [-0.3, -0.25) is 9.88 Å². The monoisotopic (exact) mass is 309 g/mol. The molecule has 120 valence electrons. The van der Waals surface area contributed by atoms with E-state index in [4.69, 9.17) is 4.98 Å². The van der Waals surface area contributed by atoms with Gasteiger partial charge in [-0.05, 0) is 37.5 Å². The molecule has 5 nitrogen and oxygen atoms in total. The third-order valence-corrected chi connectivity index (χ3v) is 4.87. The van der Waals surface area contributed by atoms with Gasteiger partial charge in [0, 0.05) is 51.0 Å². The van der Waals surface area contributed by atoms with Gasteiger partial charge in [0.1, 0.15) is 11.6 Å². The van der Waals surface area contributed by atoms with Crippen LogP contribution in [-0.4, -0.2) is 46.0 Å². The third-order valence-electron chi connectivity index (χ3n) is 4.87. The minimum absolute atomic E-state index is 0.515. The summed E-state index contributed by atoms with van der Waals surface area (Å²) >= 11 is 0. The molecule has 1 saturated carbocycles. The Morgan fingerprint density at radius 1 is 1.13 bits per heavy atom. The molecule has 0 bridgehead atoms. The summed E-state index contributed by atoms with van der Waals surface area (Å²) in [4.78, 5) is 18.4. The second-order valence-corrected chi connectivity index (χ2v) is 6.66. The summed E-state index contributed by atoms with van der Waals surface area (Å²) in [5, 5.41) is 0. The first-order chi connectivity index (χ1) is 11.3. The van der Waals surface area contributed by atoms with Gasteiger partial charge in [0.25, 0.3) is 0 Å². The number of likely N-dealkylation sites (N-methyl/N-ethyl adjacent to an activating group) is 1. The predicted octanol–water partition coefficient (Wildman–Crippen LogP) is 2.46. The maximum absolute atomic E-state index is 4.77. The number of pyridine rings is 1. The molecule has 1 aliphatic carbocycles. The first-order valence-electron chi connectivity index (χ1n) is 8.47. The number of nitrogens with zero attached hydrogens (tertiary/aromatic N) is 5. The van der Waals surface area contributed by atoms with Crippen LogP contribution >= 0.6 is 0 Å². The molecule has 5 heteroatoms. The summed E-state index contributed by atoms with van der Waals surface area (Å²) < 4.78 is 0. The largest absolute Gasteiger partial charge is 0.355 e. The summed E-state index contributed by atoms with van der Waals surface area (Å²) in [6, 6.07) is 8.68. The fourth-order valence-corrected chi connectivity index (χ4v) is 3.28. The second kappa shape index (κ2) is 6.24. The van der Waals surface area contributed by atoms with Gasteiger partial charge in [-0.15, -0.1) is 0 Å². The summed E-state index contributed by atoms with van der Waals surface area (Å²) in [6.07, 6.45) is 7.44. The molecular weight excluding hydrogens is 286 g/mol. The van der Waals surface area contributed by atoms with E-state index in [-0.39, 0.29) is 0 Å². The van der Waals surface area contributed by atoms with E-state index in [1.54, 1.807) is 0 Å². The van der Waals surface area contributed by atoms with Crippen molar-refractivity contribution < 1.29 is 0 Å². The Kier molecular flexibility index (Phi) is 3.95. The molecule has 4 rings (SSSR count). The van der Waals surface area contributed by atoms with Crippen LogP contribution in [0.2, 0.25) is 0 Å². The first kappa shape index (κ1) is 14.6. The van der Waals surface area contributed by atoms with Crippen LogP contribution in [0.1, 0.15) is 36.7 Å². The fourth-order valence-electron chi connectivity index (χ4n) is 3.28. The van der Waals surface area contributed by atoms with Crippen LogP contribution in [0.3, 0.4) is 0 Å². The molecule has 0 radical (unpaired) electrons. The Labute approximate surface area is 137 Å². The van der Waals surface area contributed by atoms with Crippen LogP contribution in [0.5, 0.6) is 0 Å². The zero-order chi connectivity index (χ0) is 15.6. The molecule has 0 N–H and O–H groups in total. The summed E-state index contributed by atoms with van der Waals surface area (Å²) in [7, 11) is 2.16. The number of rotatable bonds is 5. The van der Waals surface area contributed by atoms with E-state index in [0.29, 0.717) is 12.0 Å². The van der Waals surface area contributed by atoms with Crippen molar-refractivity contribution in [1.29, 1.82) is 0 Å². The van der Waals surface area contributed by atoms with Gasteiger partial charge in [-0.1, -0.05) is 6.07 Å². The molecule has 3 heterocycles. The summed E-state index contributed by atoms with van der Waals surface area (Å²) in [5.41, 5.74) is 1.15. The second-order valence-electron chi connectivity index (χ2n) is 6.66. The standard InChI is InChI=1S/C18H23N5/c1-22(17-7-10-20-18(21-17)14-5-6-14)16-8-11-23(13-16)12-15-4-2-3-9-19-15/h2-4,7,9-10,14,16H,5-6,8,11-13H2,1H3. The highest BCUT2D eigenvalue weighted by molar-refractivity contribution is 5.39. The van der Waals surface area contributed by atoms with Crippen molar-refractivity contribution in [3.05, 3.63) is 48.2 Å². The molecule has 2 fully saturated rings. The average molecular weight is 309 g/mol. The van der Waals surface area contributed by atoms with E-state index in [2.05, 4.69) is 38.9 Å². The van der Waals surface area contributed by atoms with Crippen molar-refractivity contribution in [2.24, 2.45) is 0 Å². The van der Waals surface area contributed by atoms with E-state index < -0.39 is 0 Å². The Hall–Kier alpha value is -2.01. The lowest BCUT2D eigenvalue weighted by Crippen LogP contribution is -2.35. The average Bonchev–Trinajstić information content (AvgIpc) is 3.35. The molecule has 0 amide bonds. The van der Waals surface area contributed by atoms with Crippen LogP contribution in [0, 0.1) is 0 Å². The Morgan fingerprint density at radius 3 is 2.83 bits per heavy atom. The lowest BCUT2D eigenvalue weighted by molar-refractivity contribution is 0.322. The smallest absolute Gasteiger partial charge is 0.133 e. The maximum atomic E-state index is 4.77. The Balaban J connectivity index is 1.39. The number of anilines is 1. The van der Waals surface area contributed by atoms with E-state index in [1.807, 2.05) is 24.5 Å². The quantitative estimate of drug-likeness (QED) is 0.849. The fraction of sp³-hybridized carbons (Fsp3) is 0.500. The highest BCUT2D eigenvalue weighted by atomic mass is 15.3. The molecular formula is C18H23N5. The van der Waals surface area contributed by atoms with E-state index in [1.165, 1.54) is 19.3 Å². The molecule has 23 heavy (non-hydrogen) atoms. The highest BCUT2D eigenvalue weighted by Crippen LogP contribution is 2.38. The zero-order valence-electron chi connectivity index (χ0n) is 13.6. The van der Waals surface area contributed by atoms with Crippen LogP contribution in [0.15, 0.2) is 36.7 Å². The van der Waals surface area contributed by atoms with Crippen molar-refractivity contribution in [1.82, 2.24) is 19.9 Å². The normalized spacial score (nSPS) is 21.5. The molecule has 0 spiro atoms. The van der Waals surface area contributed by atoms with Crippen LogP contribution in [0.4, 0.5) is 5.82 Å². The lowest BCUT2D eigenvalue weighted by Gasteiger charge is -2.26. The highest BCUT2D eigenvalue weighted by Gasteiger charge is 2.29. The molecule has 2 aromatic rings. The lowest BCUT2D eigenvalue weighted by atomic mass is 10.2. The summed E-state index contributed by atoms with van der Waals surface area (Å²) in [6.45, 7) is 3.12. The molecule has 2 aliphatic rings.